The fourth-order valence-electron chi connectivity index (χ4n) is 4.68. The molecule has 0 saturated carbocycles. The highest BCUT2D eigenvalue weighted by molar-refractivity contribution is 9.10. The summed E-state index contributed by atoms with van der Waals surface area (Å²) in [6, 6.07) is 5.54. The van der Waals surface area contributed by atoms with Gasteiger partial charge in [0.2, 0.25) is 0 Å². The van der Waals surface area contributed by atoms with Crippen LogP contribution in [0.15, 0.2) is 39.6 Å². The average Bonchev–Trinajstić information content (AvgIpc) is 2.91. The van der Waals surface area contributed by atoms with E-state index in [9.17, 15) is 23.5 Å². The lowest BCUT2D eigenvalue weighted by Crippen LogP contribution is -2.46. The monoisotopic (exact) mass is 468 g/mol. The molecule has 4 atom stereocenters. The van der Waals surface area contributed by atoms with Crippen LogP contribution in [0.3, 0.4) is 0 Å². The van der Waals surface area contributed by atoms with Gasteiger partial charge in [0.25, 0.3) is 5.56 Å². The molecule has 1 fully saturated rings. The van der Waals surface area contributed by atoms with Crippen LogP contribution in [0.2, 0.25) is 0 Å². The summed E-state index contributed by atoms with van der Waals surface area (Å²) in [7, 11) is 1.27. The Morgan fingerprint density at radius 3 is 2.76 bits per heavy atom. The highest BCUT2D eigenvalue weighted by Crippen LogP contribution is 2.49. The molecule has 0 spiro atoms. The first-order chi connectivity index (χ1) is 13.9. The first-order valence-electron chi connectivity index (χ1n) is 9.15. The van der Waals surface area contributed by atoms with Crippen LogP contribution in [0.25, 0.3) is 0 Å². The number of methoxy groups -OCH3 is 1. The van der Waals surface area contributed by atoms with Gasteiger partial charge in [0, 0.05) is 42.9 Å². The quantitative estimate of drug-likeness (QED) is 0.696. The number of nitrogens with zero attached hydrogens (tertiary/aromatic N) is 2. The number of hydrogen-bond acceptors (Lipinski definition) is 5. The van der Waals surface area contributed by atoms with Crippen molar-refractivity contribution in [1.82, 2.24) is 9.47 Å². The minimum absolute atomic E-state index is 0.0349. The van der Waals surface area contributed by atoms with Gasteiger partial charge < -0.3 is 14.4 Å². The Bertz CT molecular complexity index is 1030. The Labute approximate surface area is 173 Å². The summed E-state index contributed by atoms with van der Waals surface area (Å²) in [5.74, 6) is -2.87. The van der Waals surface area contributed by atoms with E-state index in [1.807, 2.05) is 4.90 Å². The summed E-state index contributed by atoms with van der Waals surface area (Å²) >= 11 is 3.23. The zero-order valence-corrected chi connectivity index (χ0v) is 17.1. The number of carbonyl (C=O) groups excluding carboxylic acids is 1. The van der Waals surface area contributed by atoms with E-state index in [2.05, 4.69) is 15.9 Å². The molecule has 2 aromatic rings. The molecule has 1 saturated heterocycles. The molecule has 6 nitrogen and oxygen atoms in total. The number of rotatable bonds is 4. The number of aliphatic hydroxyl groups is 1. The van der Waals surface area contributed by atoms with Gasteiger partial charge in [-0.25, -0.2) is 8.78 Å². The average molecular weight is 469 g/mol. The Morgan fingerprint density at radius 1 is 1.31 bits per heavy atom. The maximum atomic E-state index is 14.3. The third kappa shape index (κ3) is 3.21. The highest BCUT2D eigenvalue weighted by Gasteiger charge is 2.56. The first-order valence-corrected chi connectivity index (χ1v) is 9.94. The molecule has 0 amide bonds. The number of pyridine rings is 1. The van der Waals surface area contributed by atoms with Gasteiger partial charge in [0.05, 0.1) is 23.5 Å². The number of hydrogen-bond donors (Lipinski definition) is 1. The molecular weight excluding hydrogens is 450 g/mol. The van der Waals surface area contributed by atoms with E-state index in [-0.39, 0.29) is 30.8 Å². The molecule has 2 aliphatic heterocycles. The zero-order chi connectivity index (χ0) is 20.9. The number of fused-ring (bicyclic) bond motifs is 4. The number of benzene rings is 1. The second-order valence-electron chi connectivity index (χ2n) is 7.34. The molecule has 3 heterocycles. The molecule has 0 unspecified atom stereocenters. The molecule has 1 aromatic carbocycles. The van der Waals surface area contributed by atoms with Crippen LogP contribution >= 0.6 is 15.9 Å². The fourth-order valence-corrected chi connectivity index (χ4v) is 5.02. The minimum Gasteiger partial charge on any atom is -0.469 e. The van der Waals surface area contributed by atoms with Crippen LogP contribution in [0.1, 0.15) is 17.3 Å². The fraction of sp³-hybridized carbons (Fsp3) is 0.400. The van der Waals surface area contributed by atoms with E-state index >= 15 is 0 Å². The molecule has 1 aromatic heterocycles. The Kier molecular flexibility index (Phi) is 5.30. The van der Waals surface area contributed by atoms with Crippen molar-refractivity contribution < 1.29 is 23.4 Å². The van der Waals surface area contributed by atoms with E-state index in [0.717, 1.165) is 18.2 Å². The lowest BCUT2D eigenvalue weighted by atomic mass is 9.87. The molecule has 29 heavy (non-hydrogen) atoms. The third-order valence-electron chi connectivity index (χ3n) is 5.96. The van der Waals surface area contributed by atoms with Crippen molar-refractivity contribution in [3.8, 4) is 0 Å². The van der Waals surface area contributed by atoms with Gasteiger partial charge in [-0.15, -0.1) is 0 Å². The molecule has 154 valence electrons. The summed E-state index contributed by atoms with van der Waals surface area (Å²) in [5, 5.41) is 10.0. The van der Waals surface area contributed by atoms with Crippen molar-refractivity contribution in [2.75, 3.05) is 13.7 Å². The van der Waals surface area contributed by atoms with Gasteiger partial charge in [-0.05, 0) is 46.3 Å². The summed E-state index contributed by atoms with van der Waals surface area (Å²) in [6.07, 6.45) is 0. The second kappa shape index (κ2) is 7.62. The van der Waals surface area contributed by atoms with Crippen molar-refractivity contribution in [2.24, 2.45) is 11.8 Å². The van der Waals surface area contributed by atoms with Crippen molar-refractivity contribution in [2.45, 2.75) is 25.2 Å². The number of esters is 1. The Balaban J connectivity index is 1.85. The maximum absolute atomic E-state index is 14.3. The van der Waals surface area contributed by atoms with Crippen molar-refractivity contribution in [3.05, 3.63) is 68.1 Å². The number of halogens is 3. The molecule has 2 aliphatic rings. The van der Waals surface area contributed by atoms with E-state index in [1.165, 1.54) is 7.11 Å². The van der Waals surface area contributed by atoms with Crippen LogP contribution in [0, 0.1) is 23.5 Å². The van der Waals surface area contributed by atoms with Crippen LogP contribution in [0.4, 0.5) is 8.78 Å². The van der Waals surface area contributed by atoms with Gasteiger partial charge in [-0.3, -0.25) is 14.5 Å². The normalized spacial score (nSPS) is 25.7. The van der Waals surface area contributed by atoms with Crippen LogP contribution in [-0.4, -0.2) is 40.3 Å². The van der Waals surface area contributed by atoms with E-state index in [0.29, 0.717) is 10.2 Å². The number of aromatic nitrogens is 1. The van der Waals surface area contributed by atoms with Crippen molar-refractivity contribution >= 4 is 21.9 Å². The highest BCUT2D eigenvalue weighted by atomic mass is 79.9. The van der Waals surface area contributed by atoms with Crippen molar-refractivity contribution in [3.63, 3.8) is 0 Å². The first kappa shape index (κ1) is 20.2. The second-order valence-corrected chi connectivity index (χ2v) is 8.19. The number of ether oxygens (including phenoxy) is 1. The van der Waals surface area contributed by atoms with Gasteiger partial charge >= 0.3 is 5.97 Å². The van der Waals surface area contributed by atoms with Gasteiger partial charge in [-0.1, -0.05) is 0 Å². The summed E-state index contributed by atoms with van der Waals surface area (Å²) in [6.45, 7) is -0.0418. The van der Waals surface area contributed by atoms with Crippen LogP contribution < -0.4 is 5.56 Å². The molecule has 1 N–H and O–H groups in total. The Morgan fingerprint density at radius 2 is 2.07 bits per heavy atom. The molecule has 4 rings (SSSR count). The van der Waals surface area contributed by atoms with Crippen LogP contribution in [0.5, 0.6) is 0 Å². The topological polar surface area (TPSA) is 71.8 Å². The SMILES string of the molecule is COC(=O)[C@@H]1[C@@H](CO)[C@@H]2Cn3c(ccc(Br)c3=O)[C@H]1N2Cc1cc(F)ccc1F. The lowest BCUT2D eigenvalue weighted by Gasteiger charge is -2.38. The van der Waals surface area contributed by atoms with E-state index in [4.69, 9.17) is 4.74 Å². The predicted octanol–water partition coefficient (Wildman–Crippen LogP) is 2.23. The van der Waals surface area contributed by atoms with Crippen molar-refractivity contribution in [1.29, 1.82) is 0 Å². The summed E-state index contributed by atoms with van der Waals surface area (Å²) < 4.78 is 35.0. The smallest absolute Gasteiger partial charge is 0.311 e. The van der Waals surface area contributed by atoms with Gasteiger partial charge in [-0.2, -0.15) is 0 Å². The zero-order valence-electron chi connectivity index (χ0n) is 15.5. The van der Waals surface area contributed by atoms with Gasteiger partial charge in [0.15, 0.2) is 0 Å². The third-order valence-corrected chi connectivity index (χ3v) is 6.56. The van der Waals surface area contributed by atoms with Crippen LogP contribution in [-0.2, 0) is 22.6 Å². The molecule has 0 aliphatic carbocycles. The predicted molar refractivity (Wildman–Crippen MR) is 103 cm³/mol. The van der Waals surface area contributed by atoms with Gasteiger partial charge in [0.1, 0.15) is 11.6 Å². The lowest BCUT2D eigenvalue weighted by molar-refractivity contribution is -0.148. The Hall–Kier alpha value is -2.10. The molecular formula is C20H19BrF2N2O4. The maximum Gasteiger partial charge on any atom is 0.311 e. The molecule has 0 radical (unpaired) electrons. The minimum atomic E-state index is -0.735. The van der Waals surface area contributed by atoms with E-state index < -0.39 is 41.5 Å². The standard InChI is InChI=1S/C20H19BrF2N2O4/c1-29-20(28)17-12(9-26)16-8-25-15(5-3-13(21)19(25)27)18(17)24(16)7-10-6-11(22)2-4-14(10)23/h2-6,12,16-18,26H,7-9H2,1H3/t12-,16-,17+,18+/m0/s1. The molecule has 9 heteroatoms. The molecule has 2 bridgehead atoms. The largest absolute Gasteiger partial charge is 0.469 e. The number of carbonyl (C=O) groups is 1. The van der Waals surface area contributed by atoms with E-state index in [1.54, 1.807) is 16.7 Å². The summed E-state index contributed by atoms with van der Waals surface area (Å²) in [5.41, 5.74) is 0.490. The summed E-state index contributed by atoms with van der Waals surface area (Å²) in [4.78, 5) is 27.1. The number of aliphatic hydroxyl groups excluding tert-OH is 1.